The van der Waals surface area contributed by atoms with E-state index >= 15 is 0 Å². The zero-order valence-corrected chi connectivity index (χ0v) is 12.6. The molecule has 2 N–H and O–H groups in total. The van der Waals surface area contributed by atoms with Crippen LogP contribution in [0.5, 0.6) is 0 Å². The van der Waals surface area contributed by atoms with E-state index in [0.29, 0.717) is 13.2 Å². The van der Waals surface area contributed by atoms with Crippen LogP contribution in [0, 0.1) is 0 Å². The number of nitrogens with one attached hydrogen (secondary N) is 2. The smallest absolute Gasteiger partial charge is 0.319 e. The lowest BCUT2D eigenvalue weighted by atomic mass is 10.1. The van der Waals surface area contributed by atoms with Crippen molar-refractivity contribution >= 4 is 11.7 Å². The molecule has 5 heteroatoms. The second-order valence-corrected chi connectivity index (χ2v) is 5.59. The Morgan fingerprint density at radius 2 is 2.14 bits per heavy atom. The van der Waals surface area contributed by atoms with Crippen LogP contribution < -0.4 is 10.6 Å². The number of amides is 2. The van der Waals surface area contributed by atoms with Gasteiger partial charge in [-0.05, 0) is 48.7 Å². The Morgan fingerprint density at radius 3 is 2.95 bits per heavy atom. The van der Waals surface area contributed by atoms with E-state index in [2.05, 4.69) is 10.6 Å². The summed E-state index contributed by atoms with van der Waals surface area (Å²) in [5.41, 5.74) is 3.13. The van der Waals surface area contributed by atoms with E-state index in [1.807, 2.05) is 37.3 Å². The van der Waals surface area contributed by atoms with Crippen LogP contribution in [0.3, 0.4) is 0 Å². The average molecular weight is 300 g/mol. The maximum Gasteiger partial charge on any atom is 0.319 e. The van der Waals surface area contributed by atoms with E-state index in [9.17, 15) is 4.79 Å². The molecule has 0 aliphatic carbocycles. The molecule has 1 aromatic carbocycles. The Bertz CT molecular complexity index is 637. The molecule has 0 saturated carbocycles. The number of benzene rings is 1. The molecule has 1 aromatic heterocycles. The van der Waals surface area contributed by atoms with Gasteiger partial charge in [0.25, 0.3) is 0 Å². The van der Waals surface area contributed by atoms with Crippen molar-refractivity contribution in [3.63, 3.8) is 0 Å². The summed E-state index contributed by atoms with van der Waals surface area (Å²) in [6, 6.07) is 9.57. The maximum atomic E-state index is 12.0. The molecule has 1 aliphatic rings. The molecule has 116 valence electrons. The number of rotatable bonds is 5. The highest BCUT2D eigenvalue weighted by Crippen LogP contribution is 2.23. The third kappa shape index (κ3) is 3.68. The van der Waals surface area contributed by atoms with Crippen molar-refractivity contribution in [2.75, 3.05) is 5.32 Å². The van der Waals surface area contributed by atoms with Crippen molar-refractivity contribution in [3.8, 4) is 0 Å². The van der Waals surface area contributed by atoms with Gasteiger partial charge in [-0.2, -0.15) is 0 Å². The fourth-order valence-electron chi connectivity index (χ4n) is 2.53. The van der Waals surface area contributed by atoms with Crippen molar-refractivity contribution in [3.05, 3.63) is 53.5 Å². The molecule has 22 heavy (non-hydrogen) atoms. The number of aryl methyl sites for hydroxylation is 1. The Hall–Kier alpha value is -2.27. The highest BCUT2D eigenvalue weighted by molar-refractivity contribution is 5.89. The summed E-state index contributed by atoms with van der Waals surface area (Å²) < 4.78 is 10.7. The van der Waals surface area contributed by atoms with Gasteiger partial charge in [0.2, 0.25) is 0 Å². The lowest BCUT2D eigenvalue weighted by Gasteiger charge is -2.14. The SMILES string of the molecule is C[C@@H](CCc1ccco1)NC(=O)Nc1ccc2c(c1)COC2. The number of hydrogen-bond donors (Lipinski definition) is 2. The van der Waals surface area contributed by atoms with Crippen LogP contribution in [0.25, 0.3) is 0 Å². The first-order chi connectivity index (χ1) is 10.7. The number of ether oxygens (including phenoxy) is 1. The lowest BCUT2D eigenvalue weighted by molar-refractivity contribution is 0.134. The highest BCUT2D eigenvalue weighted by atomic mass is 16.5. The molecule has 0 fully saturated rings. The van der Waals surface area contributed by atoms with Gasteiger partial charge in [0.1, 0.15) is 5.76 Å². The fraction of sp³-hybridized carbons (Fsp3) is 0.353. The van der Waals surface area contributed by atoms with E-state index in [0.717, 1.165) is 29.9 Å². The van der Waals surface area contributed by atoms with Crippen LogP contribution in [0.15, 0.2) is 41.0 Å². The number of fused-ring (bicyclic) bond motifs is 1. The van der Waals surface area contributed by atoms with E-state index in [1.54, 1.807) is 6.26 Å². The molecule has 1 atom stereocenters. The zero-order valence-electron chi connectivity index (χ0n) is 12.6. The molecule has 0 spiro atoms. The van der Waals surface area contributed by atoms with Gasteiger partial charge in [-0.3, -0.25) is 0 Å². The van der Waals surface area contributed by atoms with Gasteiger partial charge in [-0.1, -0.05) is 6.07 Å². The van der Waals surface area contributed by atoms with Crippen molar-refractivity contribution in [1.82, 2.24) is 5.32 Å². The molecular weight excluding hydrogens is 280 g/mol. The van der Waals surface area contributed by atoms with Crippen LogP contribution in [-0.4, -0.2) is 12.1 Å². The first kappa shape index (κ1) is 14.7. The highest BCUT2D eigenvalue weighted by Gasteiger charge is 2.13. The Morgan fingerprint density at radius 1 is 1.27 bits per heavy atom. The number of furan rings is 1. The molecule has 0 bridgehead atoms. The van der Waals surface area contributed by atoms with Crippen LogP contribution in [0.4, 0.5) is 10.5 Å². The van der Waals surface area contributed by atoms with Crippen molar-refractivity contribution in [2.24, 2.45) is 0 Å². The molecule has 3 rings (SSSR count). The minimum absolute atomic E-state index is 0.0721. The second kappa shape index (κ2) is 6.66. The Kier molecular flexibility index (Phi) is 4.44. The molecule has 0 unspecified atom stereocenters. The summed E-state index contributed by atoms with van der Waals surface area (Å²) in [6.45, 7) is 3.26. The van der Waals surface area contributed by atoms with Gasteiger partial charge in [-0.25, -0.2) is 4.79 Å². The predicted octanol–water partition coefficient (Wildman–Crippen LogP) is 3.45. The number of carbonyl (C=O) groups excluding carboxylic acids is 1. The van der Waals surface area contributed by atoms with Crippen molar-refractivity contribution < 1.29 is 13.9 Å². The number of anilines is 1. The van der Waals surface area contributed by atoms with Crippen molar-refractivity contribution in [2.45, 2.75) is 39.0 Å². The van der Waals surface area contributed by atoms with Gasteiger partial charge in [0, 0.05) is 18.2 Å². The fourth-order valence-corrected chi connectivity index (χ4v) is 2.53. The summed E-state index contributed by atoms with van der Waals surface area (Å²) in [6.07, 6.45) is 3.31. The normalized spacial score (nSPS) is 14.4. The summed E-state index contributed by atoms with van der Waals surface area (Å²) in [5, 5.41) is 5.80. The van der Waals surface area contributed by atoms with Gasteiger partial charge in [0.05, 0.1) is 19.5 Å². The zero-order chi connectivity index (χ0) is 15.4. The second-order valence-electron chi connectivity index (χ2n) is 5.59. The minimum Gasteiger partial charge on any atom is -0.469 e. The lowest BCUT2D eigenvalue weighted by Crippen LogP contribution is -2.36. The monoisotopic (exact) mass is 300 g/mol. The topological polar surface area (TPSA) is 63.5 Å². The largest absolute Gasteiger partial charge is 0.469 e. The summed E-state index contributed by atoms with van der Waals surface area (Å²) >= 11 is 0. The maximum absolute atomic E-state index is 12.0. The average Bonchev–Trinajstić information content (AvgIpc) is 3.15. The van der Waals surface area contributed by atoms with Crippen LogP contribution in [0.1, 0.15) is 30.2 Å². The minimum atomic E-state index is -0.189. The van der Waals surface area contributed by atoms with Crippen LogP contribution >= 0.6 is 0 Å². The standard InChI is InChI=1S/C17H20N2O3/c1-12(4-7-16-3-2-8-22-16)18-17(20)19-15-6-5-13-10-21-11-14(13)9-15/h2-3,5-6,8-9,12H,4,7,10-11H2,1H3,(H2,18,19,20)/t12-/m0/s1. The molecule has 1 aliphatic heterocycles. The molecule has 2 aromatic rings. The Balaban J connectivity index is 1.47. The Labute approximate surface area is 129 Å². The summed E-state index contributed by atoms with van der Waals surface area (Å²) in [5.74, 6) is 0.938. The number of urea groups is 1. The summed E-state index contributed by atoms with van der Waals surface area (Å²) in [4.78, 5) is 12.0. The molecule has 0 radical (unpaired) electrons. The molecule has 5 nitrogen and oxygen atoms in total. The van der Waals surface area contributed by atoms with Gasteiger partial charge >= 0.3 is 6.03 Å². The van der Waals surface area contributed by atoms with Gasteiger partial charge in [-0.15, -0.1) is 0 Å². The third-order valence-corrected chi connectivity index (χ3v) is 3.76. The molecular formula is C17H20N2O3. The number of hydrogen-bond acceptors (Lipinski definition) is 3. The van der Waals surface area contributed by atoms with Crippen molar-refractivity contribution in [1.29, 1.82) is 0 Å². The summed E-state index contributed by atoms with van der Waals surface area (Å²) in [7, 11) is 0. The van der Waals surface area contributed by atoms with E-state index in [4.69, 9.17) is 9.15 Å². The molecule has 2 heterocycles. The van der Waals surface area contributed by atoms with Crippen LogP contribution in [0.2, 0.25) is 0 Å². The molecule has 2 amide bonds. The van der Waals surface area contributed by atoms with E-state index < -0.39 is 0 Å². The van der Waals surface area contributed by atoms with E-state index in [1.165, 1.54) is 5.56 Å². The first-order valence-electron chi connectivity index (χ1n) is 7.50. The quantitative estimate of drug-likeness (QED) is 0.889. The third-order valence-electron chi connectivity index (χ3n) is 3.76. The predicted molar refractivity (Wildman–Crippen MR) is 83.6 cm³/mol. The van der Waals surface area contributed by atoms with Gasteiger partial charge in [0.15, 0.2) is 0 Å². The first-order valence-corrected chi connectivity index (χ1v) is 7.50. The van der Waals surface area contributed by atoms with Gasteiger partial charge < -0.3 is 19.8 Å². The van der Waals surface area contributed by atoms with E-state index in [-0.39, 0.29) is 12.1 Å². The number of carbonyl (C=O) groups is 1. The molecule has 0 saturated heterocycles. The van der Waals surface area contributed by atoms with Crippen LogP contribution in [-0.2, 0) is 24.4 Å².